The number of carbonyl (C=O) groups is 5. The lowest BCUT2D eigenvalue weighted by Gasteiger charge is -2.26. The fourth-order valence-corrected chi connectivity index (χ4v) is 3.08. The van der Waals surface area contributed by atoms with Crippen LogP contribution in [0.25, 0.3) is 0 Å². The van der Waals surface area contributed by atoms with Crippen molar-refractivity contribution in [3.63, 3.8) is 0 Å². The summed E-state index contributed by atoms with van der Waals surface area (Å²) in [6.07, 6.45) is 0.626. The summed E-state index contributed by atoms with van der Waals surface area (Å²) in [5.41, 5.74) is 6.56. The molecule has 1 aromatic rings. The number of aromatic hydroxyl groups is 1. The lowest BCUT2D eigenvalue weighted by molar-refractivity contribution is -0.139. The summed E-state index contributed by atoms with van der Waals surface area (Å²) in [4.78, 5) is 60.6. The largest absolute Gasteiger partial charge is 0.508 e. The van der Waals surface area contributed by atoms with Crippen molar-refractivity contribution in [3.8, 4) is 5.75 Å². The first-order chi connectivity index (χ1) is 16.9. The quantitative estimate of drug-likeness (QED) is 0.138. The molecule has 0 radical (unpaired) electrons. The summed E-state index contributed by atoms with van der Waals surface area (Å²) in [5.74, 6) is -4.46. The average molecular weight is 510 g/mol. The SMILES string of the molecule is CC[C@H](C)[C@H](NC(=O)[C@H](C)NC(=O)[C@H](CO)NC(=O)[C@@H](N)Cc1ccc(O)cc1)C(=O)NCC(=O)O. The van der Waals surface area contributed by atoms with Gasteiger partial charge in [0.25, 0.3) is 0 Å². The van der Waals surface area contributed by atoms with E-state index in [9.17, 15) is 34.2 Å². The Morgan fingerprint density at radius 2 is 1.53 bits per heavy atom. The summed E-state index contributed by atoms with van der Waals surface area (Å²) in [6, 6.07) is 1.46. The van der Waals surface area contributed by atoms with Gasteiger partial charge in [-0.1, -0.05) is 32.4 Å². The molecule has 0 spiro atoms. The smallest absolute Gasteiger partial charge is 0.322 e. The Balaban J connectivity index is 2.71. The molecule has 5 atom stereocenters. The summed E-state index contributed by atoms with van der Waals surface area (Å²) in [5, 5.41) is 37.1. The number of phenolic OH excluding ortho intramolecular Hbond substituents is 1. The predicted molar refractivity (Wildman–Crippen MR) is 128 cm³/mol. The molecule has 0 bridgehead atoms. The first kappa shape index (κ1) is 30.3. The molecular formula is C23H35N5O8. The third-order valence-electron chi connectivity index (χ3n) is 5.50. The monoisotopic (exact) mass is 509 g/mol. The van der Waals surface area contributed by atoms with E-state index in [2.05, 4.69) is 21.3 Å². The molecule has 0 saturated heterocycles. The number of phenols is 1. The molecule has 13 nitrogen and oxygen atoms in total. The second-order valence-electron chi connectivity index (χ2n) is 8.43. The molecule has 0 aromatic heterocycles. The van der Waals surface area contributed by atoms with Gasteiger partial charge in [-0.2, -0.15) is 0 Å². The van der Waals surface area contributed by atoms with Crippen molar-refractivity contribution in [1.82, 2.24) is 21.3 Å². The predicted octanol–water partition coefficient (Wildman–Crippen LogP) is -2.02. The molecule has 0 aliphatic heterocycles. The number of nitrogens with two attached hydrogens (primary N) is 1. The number of hydrogen-bond acceptors (Lipinski definition) is 8. The van der Waals surface area contributed by atoms with Crippen molar-refractivity contribution < 1.29 is 39.3 Å². The van der Waals surface area contributed by atoms with Crippen LogP contribution in [-0.4, -0.2) is 82.2 Å². The second-order valence-corrected chi connectivity index (χ2v) is 8.43. The van der Waals surface area contributed by atoms with E-state index in [-0.39, 0.29) is 18.1 Å². The number of aliphatic hydroxyl groups is 1. The third-order valence-corrected chi connectivity index (χ3v) is 5.50. The number of nitrogens with one attached hydrogen (secondary N) is 4. The van der Waals surface area contributed by atoms with Crippen molar-refractivity contribution in [3.05, 3.63) is 29.8 Å². The summed E-state index contributed by atoms with van der Waals surface area (Å²) in [6.45, 7) is 3.47. The van der Waals surface area contributed by atoms with E-state index in [1.807, 2.05) is 0 Å². The molecule has 9 N–H and O–H groups in total. The van der Waals surface area contributed by atoms with Crippen LogP contribution >= 0.6 is 0 Å². The lowest BCUT2D eigenvalue weighted by atomic mass is 9.98. The normalized spacial score (nSPS) is 14.9. The number of benzene rings is 1. The molecule has 36 heavy (non-hydrogen) atoms. The zero-order chi connectivity index (χ0) is 27.4. The average Bonchev–Trinajstić information content (AvgIpc) is 2.84. The second kappa shape index (κ2) is 14.6. The molecule has 0 saturated carbocycles. The first-order valence-electron chi connectivity index (χ1n) is 11.4. The molecular weight excluding hydrogens is 474 g/mol. The van der Waals surface area contributed by atoms with E-state index in [1.54, 1.807) is 26.0 Å². The summed E-state index contributed by atoms with van der Waals surface area (Å²) >= 11 is 0. The van der Waals surface area contributed by atoms with Crippen LogP contribution in [0.3, 0.4) is 0 Å². The minimum atomic E-state index is -1.39. The van der Waals surface area contributed by atoms with Crippen LogP contribution in [-0.2, 0) is 30.4 Å². The van der Waals surface area contributed by atoms with Gasteiger partial charge < -0.3 is 42.3 Å². The Kier molecular flexibility index (Phi) is 12.3. The van der Waals surface area contributed by atoms with Gasteiger partial charge in [0.15, 0.2) is 0 Å². The molecule has 0 fully saturated rings. The minimum absolute atomic E-state index is 0.0586. The van der Waals surface area contributed by atoms with Gasteiger partial charge in [-0.15, -0.1) is 0 Å². The van der Waals surface area contributed by atoms with Gasteiger partial charge in [-0.05, 0) is 37.0 Å². The number of carbonyl (C=O) groups excluding carboxylic acids is 4. The van der Waals surface area contributed by atoms with E-state index in [1.165, 1.54) is 19.1 Å². The Labute approximate surface area is 208 Å². The van der Waals surface area contributed by atoms with Crippen molar-refractivity contribution >= 4 is 29.6 Å². The van der Waals surface area contributed by atoms with Crippen LogP contribution in [0.15, 0.2) is 24.3 Å². The van der Waals surface area contributed by atoms with Crippen LogP contribution in [0.5, 0.6) is 5.75 Å². The maximum atomic E-state index is 12.6. The highest BCUT2D eigenvalue weighted by Gasteiger charge is 2.30. The van der Waals surface area contributed by atoms with Crippen LogP contribution in [0.4, 0.5) is 0 Å². The lowest BCUT2D eigenvalue weighted by Crippen LogP contribution is -2.58. The number of aliphatic hydroxyl groups excluding tert-OH is 1. The molecule has 0 aliphatic rings. The Hall–Kier alpha value is -3.71. The van der Waals surface area contributed by atoms with E-state index in [0.29, 0.717) is 12.0 Å². The number of rotatable bonds is 14. The van der Waals surface area contributed by atoms with Crippen molar-refractivity contribution in [2.75, 3.05) is 13.2 Å². The Morgan fingerprint density at radius 3 is 2.06 bits per heavy atom. The Morgan fingerprint density at radius 1 is 0.917 bits per heavy atom. The molecule has 200 valence electrons. The molecule has 0 aliphatic carbocycles. The van der Waals surface area contributed by atoms with Gasteiger partial charge in [0, 0.05) is 0 Å². The van der Waals surface area contributed by atoms with Crippen molar-refractivity contribution in [1.29, 1.82) is 0 Å². The van der Waals surface area contributed by atoms with Gasteiger partial charge in [0.2, 0.25) is 23.6 Å². The van der Waals surface area contributed by atoms with Gasteiger partial charge >= 0.3 is 5.97 Å². The summed E-state index contributed by atoms with van der Waals surface area (Å²) < 4.78 is 0. The van der Waals surface area contributed by atoms with E-state index in [4.69, 9.17) is 10.8 Å². The van der Waals surface area contributed by atoms with Crippen molar-refractivity contribution in [2.45, 2.75) is 57.8 Å². The highest BCUT2D eigenvalue weighted by molar-refractivity contribution is 5.95. The van der Waals surface area contributed by atoms with Gasteiger partial charge in [-0.25, -0.2) is 0 Å². The highest BCUT2D eigenvalue weighted by Crippen LogP contribution is 2.11. The van der Waals surface area contributed by atoms with Crippen LogP contribution in [0.2, 0.25) is 0 Å². The maximum Gasteiger partial charge on any atom is 0.322 e. The van der Waals surface area contributed by atoms with Crippen LogP contribution < -0.4 is 27.0 Å². The van der Waals surface area contributed by atoms with Gasteiger partial charge in [0.1, 0.15) is 30.4 Å². The fraction of sp³-hybridized carbons (Fsp3) is 0.522. The zero-order valence-corrected chi connectivity index (χ0v) is 20.5. The standard InChI is InChI=1S/C23H35N5O8/c1-4-12(2)19(23(36)25-10-18(31)32)28-20(33)13(3)26-22(35)17(11-29)27-21(34)16(24)9-14-5-7-15(30)8-6-14/h5-8,12-13,16-17,19,29-30H,4,9-11,24H2,1-3H3,(H,25,36)(H,26,35)(H,27,34)(H,28,33)(H,31,32)/t12-,13-,16-,17-,19-/m0/s1. The van der Waals surface area contributed by atoms with Gasteiger partial charge in [-0.3, -0.25) is 24.0 Å². The summed E-state index contributed by atoms with van der Waals surface area (Å²) in [7, 11) is 0. The molecule has 0 heterocycles. The topological polar surface area (TPSA) is 220 Å². The van der Waals surface area contributed by atoms with Gasteiger partial charge in [0.05, 0.1) is 12.6 Å². The molecule has 1 rings (SSSR count). The highest BCUT2D eigenvalue weighted by atomic mass is 16.4. The molecule has 1 aromatic carbocycles. The van der Waals surface area contributed by atoms with Crippen molar-refractivity contribution in [2.24, 2.45) is 11.7 Å². The van der Waals surface area contributed by atoms with E-state index in [0.717, 1.165) is 0 Å². The number of carboxylic acids is 1. The minimum Gasteiger partial charge on any atom is -0.508 e. The van der Waals surface area contributed by atoms with Crippen LogP contribution in [0.1, 0.15) is 32.8 Å². The number of amides is 4. The molecule has 0 unspecified atom stereocenters. The molecule has 4 amide bonds. The number of hydrogen-bond donors (Lipinski definition) is 8. The number of carboxylic acid groups (broad SMARTS) is 1. The van der Waals surface area contributed by atoms with Crippen LogP contribution in [0, 0.1) is 5.92 Å². The third kappa shape index (κ3) is 9.88. The zero-order valence-electron chi connectivity index (χ0n) is 20.5. The fourth-order valence-electron chi connectivity index (χ4n) is 3.08. The maximum absolute atomic E-state index is 12.6. The first-order valence-corrected chi connectivity index (χ1v) is 11.4. The molecule has 13 heteroatoms. The van der Waals surface area contributed by atoms with E-state index < -0.39 is 66.9 Å². The number of aliphatic carboxylic acids is 1. The Bertz CT molecular complexity index is 924. The van der Waals surface area contributed by atoms with E-state index >= 15 is 0 Å².